The molecule has 3 aromatic rings. The molecule has 1 fully saturated rings. The highest BCUT2D eigenvalue weighted by Gasteiger charge is 2.29. The molecule has 0 aliphatic carbocycles. The van der Waals surface area contributed by atoms with Crippen LogP contribution >= 0.6 is 0 Å². The Morgan fingerprint density at radius 1 is 1.27 bits per heavy atom. The third kappa shape index (κ3) is 4.79. The first-order valence-electron chi connectivity index (χ1n) is 11.2. The number of rotatable bonds is 8. The summed E-state index contributed by atoms with van der Waals surface area (Å²) in [7, 11) is 1.63. The van der Waals surface area contributed by atoms with Crippen LogP contribution in [-0.4, -0.2) is 85.9 Å². The van der Waals surface area contributed by atoms with Gasteiger partial charge in [0.25, 0.3) is 0 Å². The molecule has 1 N–H and O–H groups in total. The molecule has 2 atom stereocenters. The van der Waals surface area contributed by atoms with Gasteiger partial charge in [0.1, 0.15) is 24.0 Å². The predicted molar refractivity (Wildman–Crippen MR) is 123 cm³/mol. The van der Waals surface area contributed by atoms with Gasteiger partial charge in [-0.1, -0.05) is 6.92 Å². The topological polar surface area (TPSA) is 120 Å². The Hall–Kier alpha value is -3.18. The smallest absolute Gasteiger partial charge is 0.245 e. The molecule has 0 spiro atoms. The van der Waals surface area contributed by atoms with Crippen molar-refractivity contribution in [2.75, 3.05) is 38.7 Å². The molecule has 11 heteroatoms. The van der Waals surface area contributed by atoms with E-state index < -0.39 is 6.04 Å². The maximum Gasteiger partial charge on any atom is 0.245 e. The lowest BCUT2D eigenvalue weighted by atomic mass is 10.1. The second-order valence-corrected chi connectivity index (χ2v) is 7.93. The largest absolute Gasteiger partial charge is 0.382 e. The number of methoxy groups -OCH3 is 1. The minimum absolute atomic E-state index is 0.00995. The highest BCUT2D eigenvalue weighted by atomic mass is 16.5. The number of morpholine rings is 1. The van der Waals surface area contributed by atoms with Crippen molar-refractivity contribution in [1.29, 1.82) is 0 Å². The number of nitrogens with zero attached hydrogens (tertiary/aromatic N) is 7. The molecule has 0 aromatic carbocycles. The molecule has 1 aliphatic heterocycles. The number of ether oxygens (including phenoxy) is 2. The Kier molecular flexibility index (Phi) is 7.09. The summed E-state index contributed by atoms with van der Waals surface area (Å²) in [5.74, 6) is 1.95. The first kappa shape index (κ1) is 23.0. The summed E-state index contributed by atoms with van der Waals surface area (Å²) in [5.41, 5.74) is 2.10. The van der Waals surface area contributed by atoms with Crippen molar-refractivity contribution < 1.29 is 14.3 Å². The third-order valence-corrected chi connectivity index (χ3v) is 5.71. The van der Waals surface area contributed by atoms with E-state index in [0.29, 0.717) is 67.9 Å². The van der Waals surface area contributed by atoms with Gasteiger partial charge in [0.2, 0.25) is 5.91 Å². The molecule has 33 heavy (non-hydrogen) atoms. The lowest BCUT2D eigenvalue weighted by Gasteiger charge is -2.34. The molecule has 1 aliphatic rings. The number of carbonyl (C=O) groups is 1. The van der Waals surface area contributed by atoms with Gasteiger partial charge in [-0.25, -0.2) is 24.9 Å². The van der Waals surface area contributed by atoms with Crippen LogP contribution in [0.15, 0.2) is 18.7 Å². The number of aromatic nitrogens is 6. The van der Waals surface area contributed by atoms with Gasteiger partial charge in [-0.3, -0.25) is 4.79 Å². The molecular formula is C22H30N8O3. The third-order valence-electron chi connectivity index (χ3n) is 5.71. The molecule has 1 unspecified atom stereocenters. The van der Waals surface area contributed by atoms with Gasteiger partial charge in [-0.15, -0.1) is 0 Å². The van der Waals surface area contributed by atoms with E-state index in [1.54, 1.807) is 19.5 Å². The summed E-state index contributed by atoms with van der Waals surface area (Å²) in [4.78, 5) is 37.4. The average Bonchev–Trinajstić information content (AvgIpc) is 3.22. The Balaban J connectivity index is 1.62. The predicted octanol–water partition coefficient (Wildman–Crippen LogP) is 1.68. The minimum Gasteiger partial charge on any atom is -0.382 e. The lowest BCUT2D eigenvalue weighted by Crippen LogP contribution is -2.51. The molecule has 4 heterocycles. The molecule has 0 radical (unpaired) electrons. The van der Waals surface area contributed by atoms with Crippen molar-refractivity contribution >= 4 is 22.9 Å². The fourth-order valence-corrected chi connectivity index (χ4v) is 4.00. The first-order chi connectivity index (χ1) is 16.0. The molecule has 11 nitrogen and oxygen atoms in total. The quantitative estimate of drug-likeness (QED) is 0.542. The van der Waals surface area contributed by atoms with Crippen molar-refractivity contribution in [2.45, 2.75) is 45.9 Å². The van der Waals surface area contributed by atoms with Crippen LogP contribution in [0.3, 0.4) is 0 Å². The summed E-state index contributed by atoms with van der Waals surface area (Å²) >= 11 is 0. The van der Waals surface area contributed by atoms with E-state index in [2.05, 4.69) is 25.3 Å². The zero-order valence-electron chi connectivity index (χ0n) is 19.5. The molecule has 0 bridgehead atoms. The van der Waals surface area contributed by atoms with Gasteiger partial charge in [0.05, 0.1) is 24.9 Å². The highest BCUT2D eigenvalue weighted by molar-refractivity contribution is 5.90. The van der Waals surface area contributed by atoms with Gasteiger partial charge < -0.3 is 24.3 Å². The van der Waals surface area contributed by atoms with Crippen LogP contribution in [-0.2, 0) is 20.8 Å². The molecule has 1 saturated heterocycles. The van der Waals surface area contributed by atoms with Crippen LogP contribution in [0.4, 0.5) is 5.82 Å². The number of anilines is 1. The number of aryl methyl sites for hydroxylation is 2. The van der Waals surface area contributed by atoms with Crippen LogP contribution in [0, 0.1) is 6.92 Å². The fourth-order valence-electron chi connectivity index (χ4n) is 4.00. The number of hydrogen-bond donors (Lipinski definition) is 1. The van der Waals surface area contributed by atoms with Gasteiger partial charge >= 0.3 is 0 Å². The van der Waals surface area contributed by atoms with Crippen LogP contribution in [0.1, 0.15) is 26.1 Å². The first-order valence-corrected chi connectivity index (χ1v) is 11.2. The van der Waals surface area contributed by atoms with Crippen molar-refractivity contribution in [3.05, 3.63) is 24.5 Å². The summed E-state index contributed by atoms with van der Waals surface area (Å²) in [6, 6.07) is -0.442. The molecule has 4 rings (SSSR count). The zero-order chi connectivity index (χ0) is 23.4. The van der Waals surface area contributed by atoms with Crippen LogP contribution < -0.4 is 5.32 Å². The van der Waals surface area contributed by atoms with Crippen molar-refractivity contribution in [3.8, 4) is 11.4 Å². The summed E-state index contributed by atoms with van der Waals surface area (Å²) < 4.78 is 12.9. The Labute approximate surface area is 192 Å². The van der Waals surface area contributed by atoms with E-state index in [1.165, 1.54) is 6.33 Å². The van der Waals surface area contributed by atoms with Crippen molar-refractivity contribution in [1.82, 2.24) is 34.4 Å². The van der Waals surface area contributed by atoms with Crippen molar-refractivity contribution in [2.24, 2.45) is 0 Å². The zero-order valence-corrected chi connectivity index (χ0v) is 19.5. The summed E-state index contributed by atoms with van der Waals surface area (Å²) in [5, 5.41) is 3.32. The SMILES string of the molecule is CC[C@H](Nc1ncnc2c1nc(-c1cnc(C)nc1)n2CC)C(=O)N1CCOC(COC)C1. The summed E-state index contributed by atoms with van der Waals surface area (Å²) in [6.07, 6.45) is 5.49. The second kappa shape index (κ2) is 10.2. The van der Waals surface area contributed by atoms with E-state index in [4.69, 9.17) is 14.5 Å². The minimum atomic E-state index is -0.442. The lowest BCUT2D eigenvalue weighted by molar-refractivity contribution is -0.141. The van der Waals surface area contributed by atoms with Crippen LogP contribution in [0.25, 0.3) is 22.6 Å². The highest BCUT2D eigenvalue weighted by Crippen LogP contribution is 2.27. The number of imidazole rings is 1. The summed E-state index contributed by atoms with van der Waals surface area (Å²) in [6.45, 7) is 8.53. The van der Waals surface area contributed by atoms with Gasteiger partial charge in [-0.05, 0) is 20.3 Å². The molecular weight excluding hydrogens is 424 g/mol. The Morgan fingerprint density at radius 2 is 2.06 bits per heavy atom. The van der Waals surface area contributed by atoms with Crippen LogP contribution in [0.5, 0.6) is 0 Å². The number of carbonyl (C=O) groups excluding carboxylic acids is 1. The van der Waals surface area contributed by atoms with Crippen molar-refractivity contribution in [3.63, 3.8) is 0 Å². The van der Waals surface area contributed by atoms with E-state index in [-0.39, 0.29) is 12.0 Å². The maximum absolute atomic E-state index is 13.3. The van der Waals surface area contributed by atoms with Gasteiger partial charge in [0.15, 0.2) is 17.0 Å². The van der Waals surface area contributed by atoms with E-state index in [9.17, 15) is 4.79 Å². The molecule has 3 aromatic heterocycles. The van der Waals surface area contributed by atoms with Gasteiger partial charge in [-0.2, -0.15) is 0 Å². The molecule has 0 saturated carbocycles. The number of amides is 1. The van der Waals surface area contributed by atoms with E-state index in [1.807, 2.05) is 30.2 Å². The number of nitrogens with one attached hydrogen (secondary N) is 1. The number of fused-ring (bicyclic) bond motifs is 1. The van der Waals surface area contributed by atoms with E-state index >= 15 is 0 Å². The molecule has 176 valence electrons. The average molecular weight is 455 g/mol. The van der Waals surface area contributed by atoms with Gasteiger partial charge in [0, 0.05) is 39.1 Å². The monoisotopic (exact) mass is 454 g/mol. The fraction of sp³-hybridized carbons (Fsp3) is 0.545. The van der Waals surface area contributed by atoms with E-state index in [0.717, 1.165) is 5.56 Å². The Morgan fingerprint density at radius 3 is 2.76 bits per heavy atom. The molecule has 1 amide bonds. The maximum atomic E-state index is 13.3. The Bertz CT molecular complexity index is 1100. The van der Waals surface area contributed by atoms with Crippen LogP contribution in [0.2, 0.25) is 0 Å². The number of hydrogen-bond acceptors (Lipinski definition) is 9. The standard InChI is InChI=1S/C22H30N8O3/c1-5-17(22(31)29-7-8-33-16(11-29)12-32-4)27-19-18-21(26-13-25-19)30(6-2)20(28-18)15-9-23-14(3)24-10-15/h9-10,13,16-17H,5-8,11-12H2,1-4H3,(H,25,26,27)/t16?,17-/m0/s1. The normalized spacial score (nSPS) is 17.3. The second-order valence-electron chi connectivity index (χ2n) is 7.93.